The van der Waals surface area contributed by atoms with Gasteiger partial charge in [-0.15, -0.1) is 11.1 Å². The first-order valence-corrected chi connectivity index (χ1v) is 9.25. The van der Waals surface area contributed by atoms with Crippen molar-refractivity contribution in [2.75, 3.05) is 0 Å². The molecule has 0 bridgehead atoms. The molecule has 0 aliphatic carbocycles. The van der Waals surface area contributed by atoms with Gasteiger partial charge in [0, 0.05) is 17.1 Å². The maximum atomic E-state index is 10.7. The normalized spacial score (nSPS) is 9.71. The van der Waals surface area contributed by atoms with Gasteiger partial charge in [-0.2, -0.15) is 18.2 Å². The van der Waals surface area contributed by atoms with Crippen molar-refractivity contribution >= 4 is 6.29 Å². The van der Waals surface area contributed by atoms with Gasteiger partial charge in [0.05, 0.1) is 6.29 Å². The third-order valence-electron chi connectivity index (χ3n) is 4.18. The van der Waals surface area contributed by atoms with Crippen LogP contribution in [0.4, 0.5) is 0 Å². The largest absolute Gasteiger partial charge is 0.748 e. The number of hydrogen-bond acceptors (Lipinski definition) is 1. The summed E-state index contributed by atoms with van der Waals surface area (Å²) in [4.78, 5) is 10.7. The summed E-state index contributed by atoms with van der Waals surface area (Å²) in [6.45, 7) is 2.26. The quantitative estimate of drug-likeness (QED) is 0.187. The Morgan fingerprint density at radius 2 is 1.38 bits per heavy atom. The number of carbonyl (C=O) groups excluding carboxylic acids is 1. The molecule has 2 rings (SSSR count). The smallest absolute Gasteiger partial charge is 0.0652 e. The molecule has 2 aromatic carbocycles. The van der Waals surface area contributed by atoms with Crippen molar-refractivity contribution in [3.05, 3.63) is 59.7 Å². The van der Waals surface area contributed by atoms with E-state index in [0.717, 1.165) is 18.3 Å². The molecule has 0 aliphatic rings. The zero-order valence-electron chi connectivity index (χ0n) is 15.0. The second kappa shape index (κ2) is 16.7. The first-order valence-electron chi connectivity index (χ1n) is 9.25. The van der Waals surface area contributed by atoms with E-state index in [1.54, 1.807) is 0 Å². The van der Waals surface area contributed by atoms with E-state index < -0.39 is 0 Å². The molecule has 0 atom stereocenters. The van der Waals surface area contributed by atoms with Gasteiger partial charge in [-0.05, 0) is 0 Å². The maximum absolute atomic E-state index is 10.7. The topological polar surface area (TPSA) is 17.1 Å². The van der Waals surface area contributed by atoms with E-state index >= 15 is 0 Å². The molecule has 24 heavy (non-hydrogen) atoms. The summed E-state index contributed by atoms with van der Waals surface area (Å²) in [5.74, 6) is 0. The predicted octanol–water partition coefficient (Wildman–Crippen LogP) is 6.69. The number of hydrogen-bond donors (Lipinski definition) is 0. The molecular formula is C22H32FeO-6. The fraction of sp³-hybridized carbons (Fsp3) is 0.500. The molecule has 0 N–H and O–H groups in total. The minimum Gasteiger partial charge on any atom is -0.748 e. The van der Waals surface area contributed by atoms with Crippen molar-refractivity contribution in [1.82, 2.24) is 0 Å². The van der Waals surface area contributed by atoms with E-state index in [-0.39, 0.29) is 17.1 Å². The van der Waals surface area contributed by atoms with Crippen molar-refractivity contribution in [3.8, 4) is 0 Å². The molecule has 0 heterocycles. The van der Waals surface area contributed by atoms with Gasteiger partial charge < -0.3 is 35.1 Å². The number of aldehydes is 1. The summed E-state index contributed by atoms with van der Waals surface area (Å²) in [5, 5.41) is 0. The van der Waals surface area contributed by atoms with Gasteiger partial charge in [-0.25, -0.2) is 0 Å². The van der Waals surface area contributed by atoms with E-state index in [4.69, 9.17) is 0 Å². The van der Waals surface area contributed by atoms with E-state index in [0.29, 0.717) is 0 Å². The second-order valence-electron chi connectivity index (χ2n) is 6.16. The molecule has 0 aliphatic heterocycles. The zero-order chi connectivity index (χ0) is 16.6. The summed E-state index contributed by atoms with van der Waals surface area (Å²) in [6, 6.07) is 16.0. The van der Waals surface area contributed by atoms with Gasteiger partial charge in [-0.1, -0.05) is 71.1 Å². The summed E-state index contributed by atoms with van der Waals surface area (Å²) in [5.41, 5.74) is 2.11. The minimum atomic E-state index is 0. The van der Waals surface area contributed by atoms with Crippen LogP contribution in [0.2, 0.25) is 0 Å². The average Bonchev–Trinajstić information content (AvgIpc) is 3.27. The van der Waals surface area contributed by atoms with Crippen LogP contribution < -0.4 is 0 Å². The van der Waals surface area contributed by atoms with Gasteiger partial charge in [0.25, 0.3) is 0 Å². The SMILES string of the molecule is CCCCCCCCCCC[c-]1cccc1C=O.[Fe].[cH-]1[cH-][cH-][cH-][cH-]1. The Balaban J connectivity index is 0.000000751. The minimum absolute atomic E-state index is 0. The molecule has 1 nitrogen and oxygen atoms in total. The molecule has 2 heteroatoms. The second-order valence-corrected chi connectivity index (χ2v) is 6.16. The maximum Gasteiger partial charge on any atom is 0.0652 e. The molecule has 0 saturated carbocycles. The fourth-order valence-electron chi connectivity index (χ4n) is 2.76. The molecule has 0 radical (unpaired) electrons. The average molecular weight is 368 g/mol. The Kier molecular flexibility index (Phi) is 16.0. The van der Waals surface area contributed by atoms with Crippen LogP contribution >= 0.6 is 0 Å². The third-order valence-corrected chi connectivity index (χ3v) is 4.18. The van der Waals surface area contributed by atoms with Crippen LogP contribution in [0.5, 0.6) is 0 Å². The molecule has 140 valence electrons. The number of aryl methyl sites for hydroxylation is 1. The van der Waals surface area contributed by atoms with E-state index in [1.807, 2.05) is 42.5 Å². The molecule has 0 saturated heterocycles. The predicted molar refractivity (Wildman–Crippen MR) is 100 cm³/mol. The van der Waals surface area contributed by atoms with Crippen molar-refractivity contribution in [1.29, 1.82) is 0 Å². The van der Waals surface area contributed by atoms with Gasteiger partial charge in [-0.3, -0.25) is 0 Å². The van der Waals surface area contributed by atoms with Crippen LogP contribution in [0, 0.1) is 0 Å². The van der Waals surface area contributed by atoms with E-state index in [1.165, 1.54) is 63.4 Å². The number of carbonyl (C=O) groups is 1. The summed E-state index contributed by atoms with van der Waals surface area (Å²) in [7, 11) is 0. The van der Waals surface area contributed by atoms with Crippen LogP contribution in [0.3, 0.4) is 0 Å². The molecule has 2 aromatic rings. The van der Waals surface area contributed by atoms with Gasteiger partial charge in [0.2, 0.25) is 0 Å². The van der Waals surface area contributed by atoms with Crippen molar-refractivity contribution in [2.45, 2.75) is 71.1 Å². The number of unbranched alkanes of at least 4 members (excludes halogenated alkanes) is 8. The zero-order valence-corrected chi connectivity index (χ0v) is 16.1. The van der Waals surface area contributed by atoms with Gasteiger partial charge >= 0.3 is 0 Å². The van der Waals surface area contributed by atoms with E-state index in [2.05, 4.69) is 13.0 Å². The molecule has 0 unspecified atom stereocenters. The Morgan fingerprint density at radius 1 is 0.875 bits per heavy atom. The third kappa shape index (κ3) is 11.4. The van der Waals surface area contributed by atoms with Crippen LogP contribution in [0.25, 0.3) is 0 Å². The summed E-state index contributed by atoms with van der Waals surface area (Å²) in [6.07, 6.45) is 14.2. The molecule has 0 fully saturated rings. The monoisotopic (exact) mass is 368 g/mol. The van der Waals surface area contributed by atoms with Crippen LogP contribution in [-0.4, -0.2) is 6.29 Å². The van der Waals surface area contributed by atoms with Gasteiger partial charge in [0.1, 0.15) is 0 Å². The van der Waals surface area contributed by atoms with Crippen molar-refractivity contribution < 1.29 is 21.9 Å². The van der Waals surface area contributed by atoms with E-state index in [9.17, 15) is 4.79 Å². The molecule has 0 amide bonds. The Hall–Kier alpha value is -1.11. The fourth-order valence-corrected chi connectivity index (χ4v) is 2.76. The Morgan fingerprint density at radius 3 is 1.88 bits per heavy atom. The first-order chi connectivity index (χ1) is 11.4. The first kappa shape index (κ1) is 22.9. The molecular weight excluding hydrogens is 336 g/mol. The van der Waals surface area contributed by atoms with Crippen LogP contribution in [0.1, 0.15) is 80.6 Å². The summed E-state index contributed by atoms with van der Waals surface area (Å²) < 4.78 is 0. The van der Waals surface area contributed by atoms with Crippen molar-refractivity contribution in [2.24, 2.45) is 0 Å². The van der Waals surface area contributed by atoms with Crippen LogP contribution in [0.15, 0.2) is 48.5 Å². The Bertz CT molecular complexity index is 453. The summed E-state index contributed by atoms with van der Waals surface area (Å²) >= 11 is 0. The number of rotatable bonds is 11. The Labute approximate surface area is 159 Å². The standard InChI is InChI=1S/C17H27O.C5H5.Fe/c1-2-3-4-5-6-7-8-9-10-12-16-13-11-14-17(16)15-18;1-2-4-5-3-1;/h11,13-15H,2-10,12H2,1H3;1-5H;/q-1;-5;. The van der Waals surface area contributed by atoms with Crippen LogP contribution in [-0.2, 0) is 23.5 Å². The van der Waals surface area contributed by atoms with Gasteiger partial charge in [0.15, 0.2) is 0 Å². The molecule has 0 aromatic heterocycles. The van der Waals surface area contributed by atoms with Crippen molar-refractivity contribution in [3.63, 3.8) is 0 Å². The molecule has 0 spiro atoms.